The Labute approximate surface area is 136 Å². The largest absolute Gasteiger partial charge is 0.384 e. The first-order valence-electron chi connectivity index (χ1n) is 7.78. The van der Waals surface area contributed by atoms with E-state index >= 15 is 0 Å². The lowest BCUT2D eigenvalue weighted by atomic mass is 9.86. The third-order valence-corrected chi connectivity index (χ3v) is 5.68. The summed E-state index contributed by atoms with van der Waals surface area (Å²) in [4.78, 5) is 30.2. The molecule has 23 heavy (non-hydrogen) atoms. The summed E-state index contributed by atoms with van der Waals surface area (Å²) >= 11 is 1.64. The van der Waals surface area contributed by atoms with Crippen LogP contribution in [0.15, 0.2) is 17.2 Å². The minimum atomic E-state index is -0.0883. The number of nitrogens with one attached hydrogen (secondary N) is 1. The van der Waals surface area contributed by atoms with Crippen molar-refractivity contribution in [2.75, 3.05) is 5.73 Å². The van der Waals surface area contributed by atoms with Gasteiger partial charge in [0, 0.05) is 10.9 Å². The number of H-pyrrole nitrogens is 1. The van der Waals surface area contributed by atoms with E-state index in [9.17, 15) is 4.79 Å². The number of anilines is 1. The number of aromatic nitrogens is 4. The number of aryl methyl sites for hydroxylation is 1. The van der Waals surface area contributed by atoms with Crippen LogP contribution < -0.4 is 11.3 Å². The molecule has 0 bridgehead atoms. The van der Waals surface area contributed by atoms with E-state index in [1.807, 2.05) is 0 Å². The van der Waals surface area contributed by atoms with E-state index in [0.717, 1.165) is 35.4 Å². The van der Waals surface area contributed by atoms with Crippen molar-refractivity contribution >= 4 is 27.4 Å². The summed E-state index contributed by atoms with van der Waals surface area (Å²) in [5, 5.41) is 0.755. The van der Waals surface area contributed by atoms with Gasteiger partial charge in [-0.1, -0.05) is 13.3 Å². The van der Waals surface area contributed by atoms with E-state index in [1.165, 1.54) is 23.2 Å². The fourth-order valence-electron chi connectivity index (χ4n) is 3.22. The number of hydrogen-bond acceptors (Lipinski definition) is 6. The van der Waals surface area contributed by atoms with Crippen LogP contribution in [0.5, 0.6) is 0 Å². The lowest BCUT2D eigenvalue weighted by Crippen LogP contribution is -2.15. The minimum absolute atomic E-state index is 0.0883. The molecule has 0 saturated carbocycles. The number of nitrogens with two attached hydrogens (primary N) is 1. The van der Waals surface area contributed by atoms with Gasteiger partial charge in [0.15, 0.2) is 5.82 Å². The zero-order valence-electron chi connectivity index (χ0n) is 12.8. The Morgan fingerprint density at radius 2 is 2.30 bits per heavy atom. The average molecular weight is 327 g/mol. The van der Waals surface area contributed by atoms with Crippen LogP contribution in [-0.4, -0.2) is 19.9 Å². The van der Waals surface area contributed by atoms with E-state index < -0.39 is 0 Å². The maximum Gasteiger partial charge on any atom is 0.260 e. The summed E-state index contributed by atoms with van der Waals surface area (Å²) in [6.07, 6.45) is 5.74. The van der Waals surface area contributed by atoms with Gasteiger partial charge in [-0.15, -0.1) is 11.3 Å². The molecule has 7 heteroatoms. The van der Waals surface area contributed by atoms with Crippen molar-refractivity contribution < 1.29 is 0 Å². The first-order chi connectivity index (χ1) is 11.2. The summed E-state index contributed by atoms with van der Waals surface area (Å²) in [5.74, 6) is 1.52. The Balaban J connectivity index is 1.87. The lowest BCUT2D eigenvalue weighted by molar-refractivity contribution is 0.451. The van der Waals surface area contributed by atoms with Gasteiger partial charge >= 0.3 is 0 Å². The van der Waals surface area contributed by atoms with Crippen molar-refractivity contribution in [3.63, 3.8) is 0 Å². The molecule has 6 nitrogen and oxygen atoms in total. The van der Waals surface area contributed by atoms with Crippen LogP contribution >= 0.6 is 11.3 Å². The SMILES string of the molecule is CC[C@H]1CCc2c(sc3nc(-c4cc(N)ncn4)[nH]c(=O)c23)C1. The standard InChI is InChI=1S/C16H17N5OS/c1-2-8-3-4-9-11(5-8)23-16-13(9)15(22)20-14(21-16)10-6-12(17)19-7-18-10/h6-8H,2-5H2,1H3,(H2,17,18,19)(H,20,21,22)/t8-/m0/s1. The highest BCUT2D eigenvalue weighted by atomic mass is 32.1. The second kappa shape index (κ2) is 5.42. The second-order valence-corrected chi connectivity index (χ2v) is 7.03. The Kier molecular flexibility index (Phi) is 3.37. The Morgan fingerprint density at radius 1 is 1.43 bits per heavy atom. The normalized spacial score (nSPS) is 17.3. The molecule has 0 aromatic carbocycles. The molecule has 4 rings (SSSR count). The summed E-state index contributed by atoms with van der Waals surface area (Å²) in [6, 6.07) is 1.62. The number of nitrogen functional groups attached to an aromatic ring is 1. The van der Waals surface area contributed by atoms with E-state index in [1.54, 1.807) is 17.4 Å². The molecule has 0 amide bonds. The van der Waals surface area contributed by atoms with Crippen LogP contribution in [0, 0.1) is 5.92 Å². The monoisotopic (exact) mass is 327 g/mol. The molecule has 3 N–H and O–H groups in total. The van der Waals surface area contributed by atoms with Gasteiger partial charge in [0.1, 0.15) is 22.7 Å². The van der Waals surface area contributed by atoms with Crippen molar-refractivity contribution in [3.8, 4) is 11.5 Å². The predicted molar refractivity (Wildman–Crippen MR) is 91.5 cm³/mol. The van der Waals surface area contributed by atoms with Gasteiger partial charge in [0.05, 0.1) is 5.39 Å². The number of nitrogens with zero attached hydrogens (tertiary/aromatic N) is 3. The molecule has 0 fully saturated rings. The first-order valence-corrected chi connectivity index (χ1v) is 8.59. The smallest absolute Gasteiger partial charge is 0.260 e. The maximum atomic E-state index is 12.6. The van der Waals surface area contributed by atoms with Crippen LogP contribution in [0.1, 0.15) is 30.2 Å². The van der Waals surface area contributed by atoms with Crippen molar-refractivity contribution in [1.29, 1.82) is 0 Å². The fraction of sp³-hybridized carbons (Fsp3) is 0.375. The summed E-state index contributed by atoms with van der Waals surface area (Å²) in [7, 11) is 0. The molecular formula is C16H17N5OS. The average Bonchev–Trinajstić information content (AvgIpc) is 2.92. The van der Waals surface area contributed by atoms with Gasteiger partial charge in [0.25, 0.3) is 5.56 Å². The highest BCUT2D eigenvalue weighted by molar-refractivity contribution is 7.18. The van der Waals surface area contributed by atoms with Gasteiger partial charge in [-0.05, 0) is 30.7 Å². The van der Waals surface area contributed by atoms with Crippen LogP contribution in [0.25, 0.3) is 21.7 Å². The van der Waals surface area contributed by atoms with Crippen LogP contribution in [0.2, 0.25) is 0 Å². The molecule has 118 valence electrons. The molecule has 3 aromatic rings. The highest BCUT2D eigenvalue weighted by Gasteiger charge is 2.24. The quantitative estimate of drug-likeness (QED) is 0.754. The van der Waals surface area contributed by atoms with Crippen molar-refractivity contribution in [3.05, 3.63) is 33.2 Å². The number of aromatic amines is 1. The molecule has 0 spiro atoms. The molecule has 0 radical (unpaired) electrons. The van der Waals surface area contributed by atoms with Crippen LogP contribution in [0.3, 0.4) is 0 Å². The van der Waals surface area contributed by atoms with Crippen LogP contribution in [-0.2, 0) is 12.8 Å². The van der Waals surface area contributed by atoms with E-state index in [4.69, 9.17) is 5.73 Å². The number of rotatable bonds is 2. The predicted octanol–water partition coefficient (Wildman–Crippen LogP) is 2.54. The van der Waals surface area contributed by atoms with Gasteiger partial charge < -0.3 is 10.7 Å². The van der Waals surface area contributed by atoms with E-state index in [0.29, 0.717) is 17.3 Å². The summed E-state index contributed by atoms with van der Waals surface area (Å²) < 4.78 is 0. The fourth-order valence-corrected chi connectivity index (χ4v) is 4.56. The number of hydrogen-bond donors (Lipinski definition) is 2. The van der Waals surface area contributed by atoms with Crippen molar-refractivity contribution in [2.24, 2.45) is 5.92 Å². The van der Waals surface area contributed by atoms with Gasteiger partial charge in [0.2, 0.25) is 0 Å². The Morgan fingerprint density at radius 3 is 3.09 bits per heavy atom. The molecule has 1 aliphatic rings. The Bertz CT molecular complexity index is 945. The summed E-state index contributed by atoms with van der Waals surface area (Å²) in [6.45, 7) is 2.23. The lowest BCUT2D eigenvalue weighted by Gasteiger charge is -2.20. The summed E-state index contributed by atoms with van der Waals surface area (Å²) in [5.41, 5.74) is 7.33. The zero-order chi connectivity index (χ0) is 16.0. The molecule has 0 unspecified atom stereocenters. The molecule has 1 aliphatic carbocycles. The molecular weight excluding hydrogens is 310 g/mol. The number of thiophene rings is 1. The molecule has 0 saturated heterocycles. The van der Waals surface area contributed by atoms with Crippen LogP contribution in [0.4, 0.5) is 5.82 Å². The van der Waals surface area contributed by atoms with Crippen molar-refractivity contribution in [2.45, 2.75) is 32.6 Å². The zero-order valence-corrected chi connectivity index (χ0v) is 13.6. The topological polar surface area (TPSA) is 97.5 Å². The number of fused-ring (bicyclic) bond motifs is 3. The van der Waals surface area contributed by atoms with E-state index in [2.05, 4.69) is 26.9 Å². The van der Waals surface area contributed by atoms with Gasteiger partial charge in [-0.25, -0.2) is 15.0 Å². The third-order valence-electron chi connectivity index (χ3n) is 4.53. The minimum Gasteiger partial charge on any atom is -0.384 e. The van der Waals surface area contributed by atoms with E-state index in [-0.39, 0.29) is 5.56 Å². The highest BCUT2D eigenvalue weighted by Crippen LogP contribution is 2.37. The molecule has 1 atom stereocenters. The first kappa shape index (κ1) is 14.3. The molecule has 3 heterocycles. The second-order valence-electron chi connectivity index (χ2n) is 5.94. The molecule has 0 aliphatic heterocycles. The maximum absolute atomic E-state index is 12.6. The molecule has 3 aromatic heterocycles. The Hall–Kier alpha value is -2.28. The van der Waals surface area contributed by atoms with Crippen molar-refractivity contribution in [1.82, 2.24) is 19.9 Å². The van der Waals surface area contributed by atoms with Gasteiger partial charge in [-0.3, -0.25) is 4.79 Å². The van der Waals surface area contributed by atoms with Gasteiger partial charge in [-0.2, -0.15) is 0 Å². The third kappa shape index (κ3) is 2.41.